The van der Waals surface area contributed by atoms with Crippen LogP contribution < -0.4 is 9.47 Å². The summed E-state index contributed by atoms with van der Waals surface area (Å²) >= 11 is 3.31. The molecule has 0 heterocycles. The van der Waals surface area contributed by atoms with Crippen molar-refractivity contribution in [2.24, 2.45) is 0 Å². The summed E-state index contributed by atoms with van der Waals surface area (Å²) in [5.74, 6) is 1.54. The molecule has 0 atom stereocenters. The van der Waals surface area contributed by atoms with Gasteiger partial charge in [-0.25, -0.2) is 0 Å². The van der Waals surface area contributed by atoms with Crippen LogP contribution in [0.15, 0.2) is 46.9 Å². The molecule has 20 heavy (non-hydrogen) atoms. The van der Waals surface area contributed by atoms with Gasteiger partial charge >= 0.3 is 0 Å². The predicted octanol–water partition coefficient (Wildman–Crippen LogP) is 3.89. The maximum absolute atomic E-state index is 10.8. The van der Waals surface area contributed by atoms with Crippen molar-refractivity contribution in [3.05, 3.63) is 58.1 Å². The van der Waals surface area contributed by atoms with E-state index in [4.69, 9.17) is 9.47 Å². The van der Waals surface area contributed by atoms with E-state index in [-0.39, 0.29) is 0 Å². The first-order valence-corrected chi connectivity index (χ1v) is 7.02. The van der Waals surface area contributed by atoms with Crippen molar-refractivity contribution in [3.8, 4) is 11.5 Å². The zero-order valence-electron chi connectivity index (χ0n) is 11.1. The Morgan fingerprint density at radius 2 is 1.80 bits per heavy atom. The average molecular weight is 335 g/mol. The Labute approximate surface area is 126 Å². The Morgan fingerprint density at radius 3 is 2.45 bits per heavy atom. The molecule has 0 fully saturated rings. The first kappa shape index (κ1) is 14.6. The topological polar surface area (TPSA) is 35.5 Å². The molecule has 2 aromatic rings. The average Bonchev–Trinajstić information content (AvgIpc) is 2.49. The second-order valence-corrected chi connectivity index (χ2v) is 5.10. The number of halogens is 1. The van der Waals surface area contributed by atoms with Crippen LogP contribution in [0.3, 0.4) is 0 Å². The molecule has 0 unspecified atom stereocenters. The summed E-state index contributed by atoms with van der Waals surface area (Å²) in [5, 5.41) is 0. The maximum Gasteiger partial charge on any atom is 0.151 e. The van der Waals surface area contributed by atoms with Crippen LogP contribution in [0, 0.1) is 0 Å². The number of methoxy groups -OCH3 is 1. The Morgan fingerprint density at radius 1 is 1.10 bits per heavy atom. The molecule has 2 rings (SSSR count). The Balaban J connectivity index is 1.90. The molecular formula is C16H15BrO3. The quantitative estimate of drug-likeness (QED) is 0.752. The van der Waals surface area contributed by atoms with Crippen molar-refractivity contribution in [3.63, 3.8) is 0 Å². The van der Waals surface area contributed by atoms with Gasteiger partial charge in [0.15, 0.2) is 6.29 Å². The third-order valence-electron chi connectivity index (χ3n) is 2.91. The van der Waals surface area contributed by atoms with Crippen LogP contribution in [-0.4, -0.2) is 20.0 Å². The molecule has 0 bridgehead atoms. The van der Waals surface area contributed by atoms with Crippen LogP contribution in [0.2, 0.25) is 0 Å². The zero-order chi connectivity index (χ0) is 14.4. The largest absolute Gasteiger partial charge is 0.497 e. The molecule has 3 nitrogen and oxygen atoms in total. The summed E-state index contributed by atoms with van der Waals surface area (Å²) < 4.78 is 11.5. The lowest BCUT2D eigenvalue weighted by Crippen LogP contribution is -2.01. The van der Waals surface area contributed by atoms with Gasteiger partial charge in [0.1, 0.15) is 11.5 Å². The van der Waals surface area contributed by atoms with Crippen LogP contribution >= 0.6 is 15.9 Å². The lowest BCUT2D eigenvalue weighted by atomic mass is 10.1. The van der Waals surface area contributed by atoms with E-state index < -0.39 is 0 Å². The predicted molar refractivity (Wildman–Crippen MR) is 81.7 cm³/mol. The van der Waals surface area contributed by atoms with Crippen LogP contribution in [0.1, 0.15) is 15.9 Å². The molecule has 0 aliphatic rings. The molecule has 0 saturated carbocycles. The van der Waals surface area contributed by atoms with Gasteiger partial charge in [0.2, 0.25) is 0 Å². The normalized spacial score (nSPS) is 10.1. The molecule has 0 N–H and O–H groups in total. The number of rotatable bonds is 6. The zero-order valence-corrected chi connectivity index (χ0v) is 12.7. The third kappa shape index (κ3) is 3.84. The van der Waals surface area contributed by atoms with E-state index in [0.717, 1.165) is 22.9 Å². The van der Waals surface area contributed by atoms with Gasteiger partial charge in [-0.1, -0.05) is 28.1 Å². The lowest BCUT2D eigenvalue weighted by Gasteiger charge is -2.08. The second-order valence-electron chi connectivity index (χ2n) is 4.25. The minimum atomic E-state index is 0.562. The van der Waals surface area contributed by atoms with Crippen molar-refractivity contribution >= 4 is 22.2 Å². The van der Waals surface area contributed by atoms with E-state index in [0.29, 0.717) is 17.9 Å². The summed E-state index contributed by atoms with van der Waals surface area (Å²) in [6.07, 6.45) is 1.61. The van der Waals surface area contributed by atoms with Crippen LogP contribution in [0.5, 0.6) is 11.5 Å². The Bertz CT molecular complexity index is 579. The monoisotopic (exact) mass is 334 g/mol. The minimum Gasteiger partial charge on any atom is -0.497 e. The van der Waals surface area contributed by atoms with Crippen molar-refractivity contribution in [1.29, 1.82) is 0 Å². The van der Waals surface area contributed by atoms with E-state index in [1.807, 2.05) is 36.4 Å². The van der Waals surface area contributed by atoms with E-state index in [9.17, 15) is 4.79 Å². The highest BCUT2D eigenvalue weighted by Crippen LogP contribution is 2.21. The van der Waals surface area contributed by atoms with E-state index in [1.165, 1.54) is 5.56 Å². The number of benzene rings is 2. The van der Waals surface area contributed by atoms with Gasteiger partial charge in [0, 0.05) is 16.5 Å². The number of hydrogen-bond donors (Lipinski definition) is 0. The van der Waals surface area contributed by atoms with Gasteiger partial charge in [0.25, 0.3) is 0 Å². The van der Waals surface area contributed by atoms with E-state index in [1.54, 1.807) is 13.2 Å². The van der Waals surface area contributed by atoms with Crippen molar-refractivity contribution in [2.75, 3.05) is 13.7 Å². The summed E-state index contributed by atoms with van der Waals surface area (Å²) in [4.78, 5) is 10.8. The van der Waals surface area contributed by atoms with E-state index >= 15 is 0 Å². The van der Waals surface area contributed by atoms with Gasteiger partial charge < -0.3 is 9.47 Å². The SMILES string of the molecule is COc1ccc(CCOc2ccc(Br)c(C=O)c2)cc1. The molecule has 104 valence electrons. The number of carbonyl (C=O) groups is 1. The number of hydrogen-bond acceptors (Lipinski definition) is 3. The molecule has 0 amide bonds. The molecule has 0 radical (unpaired) electrons. The van der Waals surface area contributed by atoms with Crippen LogP contribution in [0.4, 0.5) is 0 Å². The van der Waals surface area contributed by atoms with Gasteiger partial charge in [-0.2, -0.15) is 0 Å². The second kappa shape index (κ2) is 7.10. The Hall–Kier alpha value is -1.81. The summed E-state index contributed by atoms with van der Waals surface area (Å²) in [5.41, 5.74) is 1.77. The number of carbonyl (C=O) groups excluding carboxylic acids is 1. The van der Waals surface area contributed by atoms with Crippen molar-refractivity contribution < 1.29 is 14.3 Å². The fraction of sp³-hybridized carbons (Fsp3) is 0.188. The third-order valence-corrected chi connectivity index (χ3v) is 3.64. The summed E-state index contributed by atoms with van der Waals surface area (Å²) in [6, 6.07) is 13.3. The first-order valence-electron chi connectivity index (χ1n) is 6.23. The summed E-state index contributed by atoms with van der Waals surface area (Å²) in [7, 11) is 1.65. The van der Waals surface area contributed by atoms with Crippen LogP contribution in [0.25, 0.3) is 0 Å². The highest BCUT2D eigenvalue weighted by Gasteiger charge is 2.02. The molecule has 4 heteroatoms. The lowest BCUT2D eigenvalue weighted by molar-refractivity contribution is 0.112. The van der Waals surface area contributed by atoms with Gasteiger partial charge in [0.05, 0.1) is 13.7 Å². The molecular weight excluding hydrogens is 320 g/mol. The number of ether oxygens (including phenoxy) is 2. The van der Waals surface area contributed by atoms with Crippen molar-refractivity contribution in [2.45, 2.75) is 6.42 Å². The molecule has 0 aromatic heterocycles. The van der Waals surface area contributed by atoms with Crippen molar-refractivity contribution in [1.82, 2.24) is 0 Å². The van der Waals surface area contributed by atoms with Gasteiger partial charge in [-0.15, -0.1) is 0 Å². The molecule has 0 aliphatic carbocycles. The molecule has 0 aliphatic heterocycles. The fourth-order valence-electron chi connectivity index (χ4n) is 1.78. The van der Waals surface area contributed by atoms with Gasteiger partial charge in [-0.3, -0.25) is 4.79 Å². The maximum atomic E-state index is 10.8. The number of aldehydes is 1. The molecule has 0 spiro atoms. The standard InChI is InChI=1S/C16H15BrO3/c1-19-14-4-2-12(3-5-14)8-9-20-15-6-7-16(17)13(10-15)11-18/h2-7,10-11H,8-9H2,1H3. The highest BCUT2D eigenvalue weighted by atomic mass is 79.9. The summed E-state index contributed by atoms with van der Waals surface area (Å²) in [6.45, 7) is 0.562. The fourth-order valence-corrected chi connectivity index (χ4v) is 2.12. The minimum absolute atomic E-state index is 0.562. The van der Waals surface area contributed by atoms with Crippen LogP contribution in [-0.2, 0) is 6.42 Å². The highest BCUT2D eigenvalue weighted by molar-refractivity contribution is 9.10. The van der Waals surface area contributed by atoms with E-state index in [2.05, 4.69) is 15.9 Å². The Kier molecular flexibility index (Phi) is 5.18. The van der Waals surface area contributed by atoms with Gasteiger partial charge in [-0.05, 0) is 35.9 Å². The molecule has 2 aromatic carbocycles. The smallest absolute Gasteiger partial charge is 0.151 e. The molecule has 0 saturated heterocycles. The first-order chi connectivity index (χ1) is 9.72.